The molecular formula is C21H29ClN4O. The second kappa shape index (κ2) is 7.82. The quantitative estimate of drug-likeness (QED) is 0.844. The Morgan fingerprint density at radius 1 is 1.19 bits per heavy atom. The van der Waals surface area contributed by atoms with E-state index in [9.17, 15) is 5.11 Å². The summed E-state index contributed by atoms with van der Waals surface area (Å²) >= 11 is 6.30. The SMILES string of the molecule is Cc1cc(CC2CN(C3CCN(c4ccc(C)c(Cl)c4)CC3)CC2O)n[nH]1. The molecule has 1 aromatic carbocycles. The van der Waals surface area contributed by atoms with Gasteiger partial charge in [-0.15, -0.1) is 0 Å². The predicted octanol–water partition coefficient (Wildman–Crippen LogP) is 3.18. The van der Waals surface area contributed by atoms with Crippen molar-refractivity contribution in [1.82, 2.24) is 15.1 Å². The Balaban J connectivity index is 1.32. The Labute approximate surface area is 166 Å². The Kier molecular flexibility index (Phi) is 5.44. The summed E-state index contributed by atoms with van der Waals surface area (Å²) in [7, 11) is 0. The monoisotopic (exact) mass is 388 g/mol. The van der Waals surface area contributed by atoms with Crippen molar-refractivity contribution in [2.45, 2.75) is 45.3 Å². The van der Waals surface area contributed by atoms with E-state index in [1.54, 1.807) is 0 Å². The van der Waals surface area contributed by atoms with Crippen LogP contribution < -0.4 is 4.90 Å². The molecular weight excluding hydrogens is 360 g/mol. The highest BCUT2D eigenvalue weighted by Crippen LogP contribution is 2.30. The normalized spacial score (nSPS) is 24.7. The number of nitrogens with one attached hydrogen (secondary N) is 1. The molecule has 0 bridgehead atoms. The Bertz CT molecular complexity index is 784. The van der Waals surface area contributed by atoms with Gasteiger partial charge in [-0.1, -0.05) is 17.7 Å². The standard InChI is InChI=1S/C21H29ClN4O/c1-14-3-4-19(11-20(14)22)25-7-5-18(6-8-25)26-12-16(21(27)13-26)10-17-9-15(2)23-24-17/h3-4,9,11,16,18,21,27H,5-8,10,12-13H2,1-2H3,(H,23,24). The number of hydrogen-bond acceptors (Lipinski definition) is 4. The van der Waals surface area contributed by atoms with Crippen LogP contribution in [-0.4, -0.2) is 58.5 Å². The van der Waals surface area contributed by atoms with Crippen LogP contribution in [0.3, 0.4) is 0 Å². The van der Waals surface area contributed by atoms with Gasteiger partial charge in [0.25, 0.3) is 0 Å². The van der Waals surface area contributed by atoms with Crippen LogP contribution in [0.4, 0.5) is 5.69 Å². The fourth-order valence-corrected chi connectivity index (χ4v) is 4.68. The molecule has 2 N–H and O–H groups in total. The van der Waals surface area contributed by atoms with Gasteiger partial charge in [0.15, 0.2) is 0 Å². The first kappa shape index (κ1) is 18.8. The summed E-state index contributed by atoms with van der Waals surface area (Å²) < 4.78 is 0. The van der Waals surface area contributed by atoms with Crippen molar-refractivity contribution in [2.75, 3.05) is 31.1 Å². The fourth-order valence-electron chi connectivity index (χ4n) is 4.50. The van der Waals surface area contributed by atoms with Gasteiger partial charge in [0.2, 0.25) is 0 Å². The van der Waals surface area contributed by atoms with E-state index in [4.69, 9.17) is 11.6 Å². The van der Waals surface area contributed by atoms with E-state index >= 15 is 0 Å². The van der Waals surface area contributed by atoms with Crippen LogP contribution in [-0.2, 0) is 6.42 Å². The molecule has 2 aromatic rings. The maximum Gasteiger partial charge on any atom is 0.0711 e. The van der Waals surface area contributed by atoms with E-state index < -0.39 is 0 Å². The molecule has 1 aromatic heterocycles. The van der Waals surface area contributed by atoms with Gasteiger partial charge in [-0.05, 0) is 56.9 Å². The van der Waals surface area contributed by atoms with Crippen LogP contribution in [0.5, 0.6) is 0 Å². The maximum absolute atomic E-state index is 10.5. The van der Waals surface area contributed by atoms with Crippen molar-refractivity contribution in [3.63, 3.8) is 0 Å². The zero-order chi connectivity index (χ0) is 19.0. The van der Waals surface area contributed by atoms with Gasteiger partial charge in [0.05, 0.1) is 11.8 Å². The Morgan fingerprint density at radius 2 is 1.96 bits per heavy atom. The first-order chi connectivity index (χ1) is 13.0. The zero-order valence-electron chi connectivity index (χ0n) is 16.2. The van der Waals surface area contributed by atoms with Crippen molar-refractivity contribution in [2.24, 2.45) is 5.92 Å². The lowest BCUT2D eigenvalue weighted by Gasteiger charge is -2.38. The van der Waals surface area contributed by atoms with Gasteiger partial charge in [-0.3, -0.25) is 10.00 Å². The first-order valence-corrected chi connectivity index (χ1v) is 10.3. The second-order valence-corrected chi connectivity index (χ2v) is 8.59. The molecule has 6 heteroatoms. The predicted molar refractivity (Wildman–Crippen MR) is 110 cm³/mol. The van der Waals surface area contributed by atoms with E-state index in [0.717, 1.165) is 67.4 Å². The fraction of sp³-hybridized carbons (Fsp3) is 0.571. The molecule has 0 amide bonds. The van der Waals surface area contributed by atoms with Crippen molar-refractivity contribution in [3.05, 3.63) is 46.2 Å². The summed E-state index contributed by atoms with van der Waals surface area (Å²) in [5.74, 6) is 0.279. The van der Waals surface area contributed by atoms with Gasteiger partial charge >= 0.3 is 0 Å². The highest BCUT2D eigenvalue weighted by atomic mass is 35.5. The van der Waals surface area contributed by atoms with Crippen LogP contribution >= 0.6 is 11.6 Å². The van der Waals surface area contributed by atoms with Crippen LogP contribution in [0.15, 0.2) is 24.3 Å². The smallest absolute Gasteiger partial charge is 0.0711 e. The zero-order valence-corrected chi connectivity index (χ0v) is 16.9. The third-order valence-electron chi connectivity index (χ3n) is 6.17. The molecule has 2 aliphatic rings. The number of aliphatic hydroxyl groups excluding tert-OH is 1. The molecule has 0 aliphatic carbocycles. The number of H-pyrrole nitrogens is 1. The number of anilines is 1. The molecule has 4 rings (SSSR count). The number of likely N-dealkylation sites (tertiary alicyclic amines) is 1. The number of aryl methyl sites for hydroxylation is 2. The summed E-state index contributed by atoms with van der Waals surface area (Å²) in [4.78, 5) is 4.92. The molecule has 27 heavy (non-hydrogen) atoms. The molecule has 3 heterocycles. The largest absolute Gasteiger partial charge is 0.391 e. The van der Waals surface area contributed by atoms with Crippen LogP contribution in [0.1, 0.15) is 29.8 Å². The van der Waals surface area contributed by atoms with Gasteiger partial charge in [0, 0.05) is 54.5 Å². The molecule has 146 valence electrons. The van der Waals surface area contributed by atoms with Gasteiger partial charge in [-0.25, -0.2) is 0 Å². The van der Waals surface area contributed by atoms with Crippen molar-refractivity contribution in [3.8, 4) is 0 Å². The lowest BCUT2D eigenvalue weighted by Crippen LogP contribution is -2.44. The summed E-state index contributed by atoms with van der Waals surface area (Å²) in [6, 6.07) is 8.99. The first-order valence-electron chi connectivity index (χ1n) is 9.93. The minimum absolute atomic E-state index is 0.254. The number of aromatic nitrogens is 2. The van der Waals surface area contributed by atoms with E-state index in [0.29, 0.717) is 6.04 Å². The maximum atomic E-state index is 10.5. The van der Waals surface area contributed by atoms with Crippen LogP contribution in [0.2, 0.25) is 5.02 Å². The average Bonchev–Trinajstić information content (AvgIpc) is 3.23. The third kappa shape index (κ3) is 4.15. The molecule has 2 aliphatic heterocycles. The van der Waals surface area contributed by atoms with Crippen LogP contribution in [0, 0.1) is 19.8 Å². The number of benzene rings is 1. The number of rotatable bonds is 4. The summed E-state index contributed by atoms with van der Waals surface area (Å²) in [6.07, 6.45) is 2.86. The highest BCUT2D eigenvalue weighted by Gasteiger charge is 2.36. The molecule has 0 radical (unpaired) electrons. The number of aromatic amines is 1. The molecule has 5 nitrogen and oxygen atoms in total. The van der Waals surface area contributed by atoms with Crippen molar-refractivity contribution in [1.29, 1.82) is 0 Å². The summed E-state index contributed by atoms with van der Waals surface area (Å²) in [5.41, 5.74) is 4.49. The number of hydrogen-bond donors (Lipinski definition) is 2. The van der Waals surface area contributed by atoms with E-state index in [1.165, 1.54) is 5.69 Å². The number of piperidine rings is 1. The minimum Gasteiger partial charge on any atom is -0.391 e. The topological polar surface area (TPSA) is 55.4 Å². The third-order valence-corrected chi connectivity index (χ3v) is 6.57. The van der Waals surface area contributed by atoms with Gasteiger partial charge < -0.3 is 10.0 Å². The number of aliphatic hydroxyl groups is 1. The van der Waals surface area contributed by atoms with Gasteiger partial charge in [0.1, 0.15) is 0 Å². The molecule has 0 saturated carbocycles. The molecule has 2 saturated heterocycles. The lowest BCUT2D eigenvalue weighted by molar-refractivity contribution is 0.131. The molecule has 2 unspecified atom stereocenters. The van der Waals surface area contributed by atoms with E-state index in [-0.39, 0.29) is 12.0 Å². The number of nitrogens with zero attached hydrogens (tertiary/aromatic N) is 3. The highest BCUT2D eigenvalue weighted by molar-refractivity contribution is 6.31. The lowest BCUT2D eigenvalue weighted by atomic mass is 9.99. The average molecular weight is 389 g/mol. The number of halogens is 1. The summed E-state index contributed by atoms with van der Waals surface area (Å²) in [5, 5.41) is 18.7. The second-order valence-electron chi connectivity index (χ2n) is 8.18. The molecule has 2 fully saturated rings. The van der Waals surface area contributed by atoms with Gasteiger partial charge in [-0.2, -0.15) is 5.10 Å². The Hall–Kier alpha value is -1.56. The number of β-amino-alcohol motifs (C(OH)–C–C–N with tert-alkyl or cyclic N) is 1. The van der Waals surface area contributed by atoms with E-state index in [1.807, 2.05) is 13.8 Å². The van der Waals surface area contributed by atoms with E-state index in [2.05, 4.69) is 44.3 Å². The Morgan fingerprint density at radius 3 is 2.63 bits per heavy atom. The summed E-state index contributed by atoms with van der Waals surface area (Å²) in [6.45, 7) is 7.89. The molecule has 2 atom stereocenters. The molecule has 0 spiro atoms. The van der Waals surface area contributed by atoms with Crippen molar-refractivity contribution < 1.29 is 5.11 Å². The minimum atomic E-state index is -0.254. The van der Waals surface area contributed by atoms with Crippen molar-refractivity contribution >= 4 is 17.3 Å². The van der Waals surface area contributed by atoms with Crippen LogP contribution in [0.25, 0.3) is 0 Å².